The van der Waals surface area contributed by atoms with Gasteiger partial charge in [-0.05, 0) is 18.3 Å². The van der Waals surface area contributed by atoms with Crippen molar-refractivity contribution in [2.75, 3.05) is 6.61 Å². The molecule has 0 aliphatic carbocycles. The SMILES string of the molecule is CC(C)(C)C1CC(N)CCO1. The number of hydrogen-bond donors (Lipinski definition) is 1. The Balaban J connectivity index is 2.46. The molecule has 2 heteroatoms. The van der Waals surface area contributed by atoms with Gasteiger partial charge in [-0.1, -0.05) is 20.8 Å². The minimum atomic E-state index is 0.248. The van der Waals surface area contributed by atoms with Gasteiger partial charge in [0, 0.05) is 12.6 Å². The van der Waals surface area contributed by atoms with Gasteiger partial charge in [-0.25, -0.2) is 0 Å². The third-order valence-corrected chi connectivity index (χ3v) is 2.29. The van der Waals surface area contributed by atoms with Gasteiger partial charge in [0.2, 0.25) is 0 Å². The molecule has 0 spiro atoms. The maximum atomic E-state index is 5.84. The predicted octanol–water partition coefficient (Wildman–Crippen LogP) is 1.54. The lowest BCUT2D eigenvalue weighted by Gasteiger charge is -2.36. The Morgan fingerprint density at radius 2 is 2.00 bits per heavy atom. The number of hydrogen-bond acceptors (Lipinski definition) is 2. The van der Waals surface area contributed by atoms with Crippen LogP contribution in [0.5, 0.6) is 0 Å². The number of rotatable bonds is 0. The highest BCUT2D eigenvalue weighted by Crippen LogP contribution is 2.28. The molecule has 0 saturated carbocycles. The normalized spacial score (nSPS) is 33.8. The van der Waals surface area contributed by atoms with Crippen LogP contribution >= 0.6 is 0 Å². The fourth-order valence-electron chi connectivity index (χ4n) is 1.43. The van der Waals surface area contributed by atoms with Crippen LogP contribution in [0.25, 0.3) is 0 Å². The highest BCUT2D eigenvalue weighted by atomic mass is 16.5. The average molecular weight is 157 g/mol. The molecule has 2 unspecified atom stereocenters. The van der Waals surface area contributed by atoms with Gasteiger partial charge >= 0.3 is 0 Å². The molecular formula is C9H19NO. The summed E-state index contributed by atoms with van der Waals surface area (Å²) < 4.78 is 5.63. The van der Waals surface area contributed by atoms with Gasteiger partial charge in [0.25, 0.3) is 0 Å². The van der Waals surface area contributed by atoms with E-state index in [0.717, 1.165) is 19.4 Å². The van der Waals surface area contributed by atoms with Crippen LogP contribution in [0, 0.1) is 5.41 Å². The van der Waals surface area contributed by atoms with Gasteiger partial charge in [0.15, 0.2) is 0 Å². The van der Waals surface area contributed by atoms with E-state index < -0.39 is 0 Å². The minimum absolute atomic E-state index is 0.248. The zero-order valence-electron chi connectivity index (χ0n) is 7.76. The zero-order chi connectivity index (χ0) is 8.48. The Morgan fingerprint density at radius 3 is 2.36 bits per heavy atom. The Labute approximate surface area is 69.1 Å². The molecule has 0 radical (unpaired) electrons. The molecule has 0 aromatic rings. The first-order valence-corrected chi connectivity index (χ1v) is 4.37. The standard InChI is InChI=1S/C9H19NO/c1-9(2,3)8-6-7(10)4-5-11-8/h7-8H,4-6,10H2,1-3H3. The fourth-order valence-corrected chi connectivity index (χ4v) is 1.43. The summed E-state index contributed by atoms with van der Waals surface area (Å²) in [6.45, 7) is 7.45. The van der Waals surface area contributed by atoms with Crippen molar-refractivity contribution in [3.8, 4) is 0 Å². The summed E-state index contributed by atoms with van der Waals surface area (Å²) in [7, 11) is 0. The summed E-state index contributed by atoms with van der Waals surface area (Å²) in [5, 5.41) is 0. The Morgan fingerprint density at radius 1 is 1.36 bits per heavy atom. The van der Waals surface area contributed by atoms with Crippen molar-refractivity contribution in [1.29, 1.82) is 0 Å². The fraction of sp³-hybridized carbons (Fsp3) is 1.00. The van der Waals surface area contributed by atoms with E-state index in [0.29, 0.717) is 12.1 Å². The van der Waals surface area contributed by atoms with E-state index in [1.165, 1.54) is 0 Å². The Kier molecular flexibility index (Phi) is 2.55. The third-order valence-electron chi connectivity index (χ3n) is 2.29. The molecule has 0 aromatic carbocycles. The molecule has 1 aliphatic heterocycles. The molecule has 1 rings (SSSR count). The van der Waals surface area contributed by atoms with Crippen LogP contribution in [0.2, 0.25) is 0 Å². The predicted molar refractivity (Wildman–Crippen MR) is 46.4 cm³/mol. The van der Waals surface area contributed by atoms with Gasteiger partial charge in [-0.3, -0.25) is 0 Å². The van der Waals surface area contributed by atoms with Crippen LogP contribution in [-0.2, 0) is 4.74 Å². The molecule has 2 N–H and O–H groups in total. The van der Waals surface area contributed by atoms with Gasteiger partial charge in [0.05, 0.1) is 6.10 Å². The summed E-state index contributed by atoms with van der Waals surface area (Å²) >= 11 is 0. The van der Waals surface area contributed by atoms with E-state index in [1.54, 1.807) is 0 Å². The summed E-state index contributed by atoms with van der Waals surface area (Å²) in [6, 6.07) is 0.355. The van der Waals surface area contributed by atoms with E-state index in [4.69, 9.17) is 10.5 Å². The van der Waals surface area contributed by atoms with Crippen molar-refractivity contribution < 1.29 is 4.74 Å². The molecule has 1 aliphatic rings. The molecule has 66 valence electrons. The molecule has 11 heavy (non-hydrogen) atoms. The highest BCUT2D eigenvalue weighted by molar-refractivity contribution is 4.82. The number of ether oxygens (including phenoxy) is 1. The lowest BCUT2D eigenvalue weighted by atomic mass is 9.83. The topological polar surface area (TPSA) is 35.2 Å². The second-order valence-corrected chi connectivity index (χ2v) is 4.51. The lowest BCUT2D eigenvalue weighted by Crippen LogP contribution is -2.41. The summed E-state index contributed by atoms with van der Waals surface area (Å²) in [4.78, 5) is 0. The third kappa shape index (κ3) is 2.46. The van der Waals surface area contributed by atoms with Crippen LogP contribution in [0.1, 0.15) is 33.6 Å². The van der Waals surface area contributed by atoms with E-state index in [1.807, 2.05) is 0 Å². The molecule has 2 nitrogen and oxygen atoms in total. The second-order valence-electron chi connectivity index (χ2n) is 4.51. The highest BCUT2D eigenvalue weighted by Gasteiger charge is 2.29. The van der Waals surface area contributed by atoms with Crippen molar-refractivity contribution in [2.24, 2.45) is 11.1 Å². The number of nitrogens with two attached hydrogens (primary N) is 1. The Bertz CT molecular complexity index is 128. The quantitative estimate of drug-likeness (QED) is 0.579. The van der Waals surface area contributed by atoms with Crippen LogP contribution in [-0.4, -0.2) is 18.8 Å². The van der Waals surface area contributed by atoms with Crippen molar-refractivity contribution in [2.45, 2.75) is 45.8 Å². The summed E-state index contributed by atoms with van der Waals surface area (Å²) in [5.74, 6) is 0. The van der Waals surface area contributed by atoms with Crippen LogP contribution in [0.4, 0.5) is 0 Å². The largest absolute Gasteiger partial charge is 0.378 e. The average Bonchev–Trinajstić information content (AvgIpc) is 1.86. The van der Waals surface area contributed by atoms with Crippen LogP contribution < -0.4 is 5.73 Å². The van der Waals surface area contributed by atoms with E-state index in [2.05, 4.69) is 20.8 Å². The summed E-state index contributed by atoms with van der Waals surface area (Å²) in [5.41, 5.74) is 6.09. The van der Waals surface area contributed by atoms with Gasteiger partial charge < -0.3 is 10.5 Å². The van der Waals surface area contributed by atoms with Crippen LogP contribution in [0.15, 0.2) is 0 Å². The van der Waals surface area contributed by atoms with Crippen LogP contribution in [0.3, 0.4) is 0 Å². The molecule has 1 fully saturated rings. The molecule has 0 aromatic heterocycles. The van der Waals surface area contributed by atoms with Crippen molar-refractivity contribution >= 4 is 0 Å². The molecule has 1 heterocycles. The smallest absolute Gasteiger partial charge is 0.0638 e. The van der Waals surface area contributed by atoms with Crippen molar-refractivity contribution in [1.82, 2.24) is 0 Å². The molecule has 0 amide bonds. The van der Waals surface area contributed by atoms with Crippen molar-refractivity contribution in [3.63, 3.8) is 0 Å². The van der Waals surface area contributed by atoms with Gasteiger partial charge in [-0.2, -0.15) is 0 Å². The van der Waals surface area contributed by atoms with Gasteiger partial charge in [0.1, 0.15) is 0 Å². The van der Waals surface area contributed by atoms with E-state index in [-0.39, 0.29) is 5.41 Å². The minimum Gasteiger partial charge on any atom is -0.378 e. The molecule has 2 atom stereocenters. The van der Waals surface area contributed by atoms with E-state index in [9.17, 15) is 0 Å². The molecular weight excluding hydrogens is 138 g/mol. The lowest BCUT2D eigenvalue weighted by molar-refractivity contribution is -0.0535. The molecule has 0 bridgehead atoms. The van der Waals surface area contributed by atoms with E-state index >= 15 is 0 Å². The second kappa shape index (κ2) is 3.11. The molecule has 1 saturated heterocycles. The first-order valence-electron chi connectivity index (χ1n) is 4.37. The first kappa shape index (κ1) is 9.01. The maximum Gasteiger partial charge on any atom is 0.0638 e. The maximum absolute atomic E-state index is 5.84. The zero-order valence-corrected chi connectivity index (χ0v) is 7.76. The summed E-state index contributed by atoms with van der Waals surface area (Å²) in [6.07, 6.45) is 2.39. The van der Waals surface area contributed by atoms with Crippen molar-refractivity contribution in [3.05, 3.63) is 0 Å². The van der Waals surface area contributed by atoms with Gasteiger partial charge in [-0.15, -0.1) is 0 Å². The first-order chi connectivity index (χ1) is 5.00. The monoisotopic (exact) mass is 157 g/mol. The Hall–Kier alpha value is -0.0800.